The van der Waals surface area contributed by atoms with Crippen molar-refractivity contribution in [1.82, 2.24) is 4.98 Å². The smallest absolute Gasteiger partial charge is 0.256 e. The largest absolute Gasteiger partial charge is 0.495 e. The van der Waals surface area contributed by atoms with Crippen molar-refractivity contribution in [1.29, 1.82) is 0 Å². The molecule has 0 unspecified atom stereocenters. The third kappa shape index (κ3) is 4.29. The standard InChI is InChI=1S/C19H15ClFN3O2/c1-26-17-8-4-13(20)10-16(17)23-15-7-9-18(22-11-15)24-19(25)12-2-5-14(21)6-3-12/h2-11,23H,1H3,(H,22,24,25). The van der Waals surface area contributed by atoms with Gasteiger partial charge in [0.05, 0.1) is 24.7 Å². The zero-order chi connectivity index (χ0) is 18.5. The molecular weight excluding hydrogens is 357 g/mol. The van der Waals surface area contributed by atoms with Gasteiger partial charge in [-0.15, -0.1) is 0 Å². The van der Waals surface area contributed by atoms with Crippen LogP contribution in [0.5, 0.6) is 5.75 Å². The summed E-state index contributed by atoms with van der Waals surface area (Å²) < 4.78 is 18.2. The second-order valence-corrected chi connectivity index (χ2v) is 5.80. The number of anilines is 3. The zero-order valence-corrected chi connectivity index (χ0v) is 14.5. The van der Waals surface area contributed by atoms with Crippen molar-refractivity contribution in [2.24, 2.45) is 0 Å². The predicted octanol–water partition coefficient (Wildman–Crippen LogP) is 4.88. The molecule has 2 N–H and O–H groups in total. The van der Waals surface area contributed by atoms with Gasteiger partial charge in [0, 0.05) is 10.6 Å². The zero-order valence-electron chi connectivity index (χ0n) is 13.8. The molecule has 0 atom stereocenters. The number of methoxy groups -OCH3 is 1. The molecule has 0 spiro atoms. The van der Waals surface area contributed by atoms with Crippen LogP contribution in [-0.2, 0) is 0 Å². The highest BCUT2D eigenvalue weighted by atomic mass is 35.5. The number of hydrogen-bond donors (Lipinski definition) is 2. The van der Waals surface area contributed by atoms with Gasteiger partial charge in [-0.2, -0.15) is 0 Å². The predicted molar refractivity (Wildman–Crippen MR) is 99.9 cm³/mol. The average Bonchev–Trinajstić information content (AvgIpc) is 2.64. The van der Waals surface area contributed by atoms with Crippen molar-refractivity contribution in [3.63, 3.8) is 0 Å². The van der Waals surface area contributed by atoms with Crippen molar-refractivity contribution in [2.75, 3.05) is 17.7 Å². The highest BCUT2D eigenvalue weighted by Crippen LogP contribution is 2.30. The Hall–Kier alpha value is -3.12. The molecule has 5 nitrogen and oxygen atoms in total. The van der Waals surface area contributed by atoms with E-state index in [1.807, 2.05) is 0 Å². The lowest BCUT2D eigenvalue weighted by atomic mass is 10.2. The first-order valence-electron chi connectivity index (χ1n) is 7.69. The Morgan fingerprint density at radius 2 is 1.88 bits per heavy atom. The number of aromatic nitrogens is 1. The van der Waals surface area contributed by atoms with Crippen molar-refractivity contribution in [3.8, 4) is 5.75 Å². The lowest BCUT2D eigenvalue weighted by Crippen LogP contribution is -2.12. The molecule has 0 radical (unpaired) electrons. The quantitative estimate of drug-likeness (QED) is 0.671. The van der Waals surface area contributed by atoms with Crippen LogP contribution in [0.2, 0.25) is 5.02 Å². The summed E-state index contributed by atoms with van der Waals surface area (Å²) in [6, 6.07) is 13.9. The van der Waals surface area contributed by atoms with Gasteiger partial charge >= 0.3 is 0 Å². The van der Waals surface area contributed by atoms with Crippen LogP contribution in [-0.4, -0.2) is 18.0 Å². The minimum atomic E-state index is -0.397. The Bertz CT molecular complexity index is 915. The van der Waals surface area contributed by atoms with E-state index >= 15 is 0 Å². The van der Waals surface area contributed by atoms with Crippen molar-refractivity contribution in [3.05, 3.63) is 77.2 Å². The lowest BCUT2D eigenvalue weighted by Gasteiger charge is -2.12. The lowest BCUT2D eigenvalue weighted by molar-refractivity contribution is 0.102. The van der Waals surface area contributed by atoms with E-state index in [0.717, 1.165) is 0 Å². The highest BCUT2D eigenvalue weighted by Gasteiger charge is 2.08. The molecule has 3 aromatic rings. The molecule has 1 heterocycles. The number of pyridine rings is 1. The van der Waals surface area contributed by atoms with Gasteiger partial charge in [-0.25, -0.2) is 9.37 Å². The van der Waals surface area contributed by atoms with Crippen LogP contribution in [0.25, 0.3) is 0 Å². The monoisotopic (exact) mass is 371 g/mol. The number of carbonyl (C=O) groups is 1. The van der Waals surface area contributed by atoms with Gasteiger partial charge in [-0.3, -0.25) is 4.79 Å². The fourth-order valence-corrected chi connectivity index (χ4v) is 2.44. The first kappa shape index (κ1) is 17.7. The number of halogens is 2. The molecule has 0 fully saturated rings. The van der Waals surface area contributed by atoms with Gasteiger partial charge in [0.2, 0.25) is 0 Å². The summed E-state index contributed by atoms with van der Waals surface area (Å²) in [6.45, 7) is 0. The van der Waals surface area contributed by atoms with Gasteiger partial charge in [-0.1, -0.05) is 11.6 Å². The minimum absolute atomic E-state index is 0.346. The van der Waals surface area contributed by atoms with Crippen LogP contribution in [0, 0.1) is 5.82 Å². The van der Waals surface area contributed by atoms with Crippen LogP contribution in [0.15, 0.2) is 60.8 Å². The van der Waals surface area contributed by atoms with Gasteiger partial charge in [0.1, 0.15) is 17.4 Å². The summed E-state index contributed by atoms with van der Waals surface area (Å²) in [7, 11) is 1.57. The molecule has 0 aliphatic rings. The third-order valence-corrected chi connectivity index (χ3v) is 3.79. The molecule has 0 aliphatic heterocycles. The summed E-state index contributed by atoms with van der Waals surface area (Å²) in [4.78, 5) is 16.3. The molecule has 26 heavy (non-hydrogen) atoms. The van der Waals surface area contributed by atoms with Crippen molar-refractivity contribution in [2.45, 2.75) is 0 Å². The van der Waals surface area contributed by atoms with E-state index < -0.39 is 5.82 Å². The Morgan fingerprint density at radius 3 is 2.54 bits per heavy atom. The minimum Gasteiger partial charge on any atom is -0.495 e. The normalized spacial score (nSPS) is 10.3. The number of amides is 1. The number of rotatable bonds is 5. The Labute approximate surface area is 154 Å². The third-order valence-electron chi connectivity index (χ3n) is 3.55. The van der Waals surface area contributed by atoms with Crippen LogP contribution in [0.4, 0.5) is 21.6 Å². The average molecular weight is 372 g/mol. The first-order valence-corrected chi connectivity index (χ1v) is 8.06. The van der Waals surface area contributed by atoms with Crippen LogP contribution < -0.4 is 15.4 Å². The molecule has 0 saturated carbocycles. The van der Waals surface area contributed by atoms with E-state index in [4.69, 9.17) is 16.3 Å². The van der Waals surface area contributed by atoms with Gasteiger partial charge < -0.3 is 15.4 Å². The van der Waals surface area contributed by atoms with E-state index in [9.17, 15) is 9.18 Å². The molecule has 0 saturated heterocycles. The molecule has 0 aliphatic carbocycles. The van der Waals surface area contributed by atoms with E-state index in [-0.39, 0.29) is 5.91 Å². The molecule has 132 valence electrons. The molecule has 2 aromatic carbocycles. The highest BCUT2D eigenvalue weighted by molar-refractivity contribution is 6.31. The number of nitrogens with zero attached hydrogens (tertiary/aromatic N) is 1. The summed E-state index contributed by atoms with van der Waals surface area (Å²) in [5.74, 6) is 0.257. The van der Waals surface area contributed by atoms with Gasteiger partial charge in [0.25, 0.3) is 5.91 Å². The maximum Gasteiger partial charge on any atom is 0.256 e. The molecule has 1 aromatic heterocycles. The summed E-state index contributed by atoms with van der Waals surface area (Å²) in [5.41, 5.74) is 1.74. The number of hydrogen-bond acceptors (Lipinski definition) is 4. The Kier molecular flexibility index (Phi) is 5.34. The number of benzene rings is 2. The van der Waals surface area contributed by atoms with Crippen molar-refractivity contribution >= 4 is 34.7 Å². The fourth-order valence-electron chi connectivity index (χ4n) is 2.26. The Morgan fingerprint density at radius 1 is 1.12 bits per heavy atom. The van der Waals surface area contributed by atoms with Gasteiger partial charge in [0.15, 0.2) is 0 Å². The maximum absolute atomic E-state index is 12.9. The molecule has 7 heteroatoms. The van der Waals surface area contributed by atoms with Crippen LogP contribution in [0.3, 0.4) is 0 Å². The van der Waals surface area contributed by atoms with Crippen molar-refractivity contribution < 1.29 is 13.9 Å². The molecular formula is C19H15ClFN3O2. The second kappa shape index (κ2) is 7.84. The Balaban J connectivity index is 1.70. The fraction of sp³-hybridized carbons (Fsp3) is 0.0526. The van der Waals surface area contributed by atoms with E-state index in [1.165, 1.54) is 24.3 Å². The van der Waals surface area contributed by atoms with E-state index in [2.05, 4.69) is 15.6 Å². The second-order valence-electron chi connectivity index (χ2n) is 5.36. The van der Waals surface area contributed by atoms with E-state index in [1.54, 1.807) is 43.6 Å². The summed E-state index contributed by atoms with van der Waals surface area (Å²) in [6.07, 6.45) is 1.57. The maximum atomic E-state index is 12.9. The van der Waals surface area contributed by atoms with Crippen LogP contribution in [0.1, 0.15) is 10.4 Å². The van der Waals surface area contributed by atoms with Crippen LogP contribution >= 0.6 is 11.6 Å². The molecule has 0 bridgehead atoms. The molecule has 3 rings (SSSR count). The number of nitrogens with one attached hydrogen (secondary N) is 2. The summed E-state index contributed by atoms with van der Waals surface area (Å²) in [5, 5.41) is 6.38. The van der Waals surface area contributed by atoms with Gasteiger partial charge in [-0.05, 0) is 54.6 Å². The topological polar surface area (TPSA) is 63.2 Å². The first-order chi connectivity index (χ1) is 12.5. The molecule has 1 amide bonds. The summed E-state index contributed by atoms with van der Waals surface area (Å²) >= 11 is 6.01. The van der Waals surface area contributed by atoms with E-state index in [0.29, 0.717) is 33.5 Å². The number of ether oxygens (including phenoxy) is 1. The SMILES string of the molecule is COc1ccc(Cl)cc1Nc1ccc(NC(=O)c2ccc(F)cc2)nc1. The number of carbonyl (C=O) groups excluding carboxylic acids is 1.